The van der Waals surface area contributed by atoms with Gasteiger partial charge in [0.05, 0.1) is 11.7 Å². The molecule has 0 atom stereocenters. The van der Waals surface area contributed by atoms with Crippen molar-refractivity contribution in [1.29, 1.82) is 0 Å². The second kappa shape index (κ2) is 6.36. The average molecular weight is 296 g/mol. The van der Waals surface area contributed by atoms with Gasteiger partial charge >= 0.3 is 17.9 Å². The molecule has 0 bridgehead atoms. The summed E-state index contributed by atoms with van der Waals surface area (Å²) in [6, 6.07) is 5.30. The lowest BCUT2D eigenvalue weighted by Crippen LogP contribution is -2.52. The van der Waals surface area contributed by atoms with Crippen molar-refractivity contribution in [3.8, 4) is 0 Å². The van der Waals surface area contributed by atoms with E-state index in [0.717, 1.165) is 0 Å². The van der Waals surface area contributed by atoms with Crippen molar-refractivity contribution in [2.24, 2.45) is 0 Å². The molecule has 1 rings (SSSR count). The van der Waals surface area contributed by atoms with Gasteiger partial charge in [0, 0.05) is 6.42 Å². The zero-order valence-corrected chi connectivity index (χ0v) is 11.6. The Balaban J connectivity index is 3.13. The van der Waals surface area contributed by atoms with Crippen LogP contribution in [0.5, 0.6) is 0 Å². The monoisotopic (exact) mass is 296 g/mol. The Morgan fingerprint density at radius 2 is 1.52 bits per heavy atom. The van der Waals surface area contributed by atoms with Crippen LogP contribution in [0.1, 0.15) is 29.8 Å². The minimum absolute atomic E-state index is 0.0276. The third-order valence-corrected chi connectivity index (χ3v) is 2.78. The molecule has 1 aromatic carbocycles. The summed E-state index contributed by atoms with van der Waals surface area (Å²) in [6.07, 6.45) is -1.01. The lowest BCUT2D eigenvalue weighted by Gasteiger charge is -2.27. The molecule has 0 aromatic heterocycles. The predicted octanol–water partition coefficient (Wildman–Crippen LogP) is 1.26. The molecule has 21 heavy (non-hydrogen) atoms. The van der Waals surface area contributed by atoms with E-state index in [0.29, 0.717) is 5.56 Å². The Labute approximate surface area is 120 Å². The van der Waals surface area contributed by atoms with Gasteiger partial charge in [-0.2, -0.15) is 0 Å². The standard InChI is InChI=1S/C14H16O7/c1-8(2)21-14(12(17)18,13(19)20)7-9-3-5-10(6-4-9)11(15)16/h3-6,8H,7H2,1-2H3,(H,15,16)(H,17,18)(H,19,20). The third-order valence-electron chi connectivity index (χ3n) is 2.78. The summed E-state index contributed by atoms with van der Waals surface area (Å²) < 4.78 is 5.13. The van der Waals surface area contributed by atoms with Crippen LogP contribution in [0.3, 0.4) is 0 Å². The van der Waals surface area contributed by atoms with Crippen LogP contribution in [0.15, 0.2) is 24.3 Å². The smallest absolute Gasteiger partial charge is 0.348 e. The van der Waals surface area contributed by atoms with Gasteiger partial charge in [-0.1, -0.05) is 12.1 Å². The molecule has 0 fully saturated rings. The number of hydrogen-bond acceptors (Lipinski definition) is 4. The Morgan fingerprint density at radius 3 is 1.86 bits per heavy atom. The molecule has 1 aromatic rings. The molecule has 7 heteroatoms. The number of rotatable bonds is 7. The van der Waals surface area contributed by atoms with Gasteiger partial charge in [-0.15, -0.1) is 0 Å². The molecular weight excluding hydrogens is 280 g/mol. The van der Waals surface area contributed by atoms with Crippen LogP contribution < -0.4 is 0 Å². The fraction of sp³-hybridized carbons (Fsp3) is 0.357. The molecule has 114 valence electrons. The minimum Gasteiger partial charge on any atom is -0.479 e. The normalized spacial score (nSPS) is 11.4. The summed E-state index contributed by atoms with van der Waals surface area (Å²) in [5.41, 5.74) is -2.02. The molecule has 0 saturated heterocycles. The molecule has 0 aliphatic rings. The Hall–Kier alpha value is -2.41. The van der Waals surface area contributed by atoms with Crippen molar-refractivity contribution >= 4 is 17.9 Å². The molecule has 0 unspecified atom stereocenters. The number of carbonyl (C=O) groups is 3. The highest BCUT2D eigenvalue weighted by atomic mass is 16.6. The van der Waals surface area contributed by atoms with Gasteiger partial charge in [0.2, 0.25) is 0 Å². The molecule has 0 spiro atoms. The fourth-order valence-electron chi connectivity index (χ4n) is 1.84. The maximum atomic E-state index is 11.4. The number of hydrogen-bond donors (Lipinski definition) is 3. The molecule has 3 N–H and O–H groups in total. The number of aromatic carboxylic acids is 1. The van der Waals surface area contributed by atoms with Crippen LogP contribution in [-0.2, 0) is 20.7 Å². The van der Waals surface area contributed by atoms with E-state index in [2.05, 4.69) is 0 Å². The lowest BCUT2D eigenvalue weighted by molar-refractivity contribution is -0.188. The predicted molar refractivity (Wildman–Crippen MR) is 71.3 cm³/mol. The van der Waals surface area contributed by atoms with Crippen molar-refractivity contribution in [1.82, 2.24) is 0 Å². The first-order valence-electron chi connectivity index (χ1n) is 6.16. The van der Waals surface area contributed by atoms with Crippen LogP contribution in [0.25, 0.3) is 0 Å². The minimum atomic E-state index is -2.40. The van der Waals surface area contributed by atoms with Crippen LogP contribution in [-0.4, -0.2) is 44.9 Å². The van der Waals surface area contributed by atoms with Crippen LogP contribution in [0, 0.1) is 0 Å². The Morgan fingerprint density at radius 1 is 1.05 bits per heavy atom. The summed E-state index contributed by atoms with van der Waals surface area (Å²) >= 11 is 0. The van der Waals surface area contributed by atoms with E-state index in [1.165, 1.54) is 38.1 Å². The van der Waals surface area contributed by atoms with Crippen LogP contribution in [0.4, 0.5) is 0 Å². The van der Waals surface area contributed by atoms with E-state index in [4.69, 9.17) is 9.84 Å². The zero-order chi connectivity index (χ0) is 16.2. The number of carboxylic acid groups (broad SMARTS) is 3. The maximum Gasteiger partial charge on any atom is 0.348 e. The lowest BCUT2D eigenvalue weighted by atomic mass is 9.93. The molecule has 0 amide bonds. The van der Waals surface area contributed by atoms with E-state index < -0.39 is 36.0 Å². The van der Waals surface area contributed by atoms with Crippen LogP contribution in [0.2, 0.25) is 0 Å². The second-order valence-corrected chi connectivity index (χ2v) is 4.78. The summed E-state index contributed by atoms with van der Waals surface area (Å²) in [4.78, 5) is 33.5. The first kappa shape index (κ1) is 16.6. The zero-order valence-electron chi connectivity index (χ0n) is 11.6. The summed E-state index contributed by atoms with van der Waals surface area (Å²) in [5.74, 6) is -4.33. The molecule has 7 nitrogen and oxygen atoms in total. The van der Waals surface area contributed by atoms with E-state index in [-0.39, 0.29) is 5.56 Å². The van der Waals surface area contributed by atoms with Gasteiger partial charge in [-0.25, -0.2) is 14.4 Å². The maximum absolute atomic E-state index is 11.4. The van der Waals surface area contributed by atoms with Crippen molar-refractivity contribution in [3.05, 3.63) is 35.4 Å². The van der Waals surface area contributed by atoms with Gasteiger partial charge in [0.15, 0.2) is 0 Å². The van der Waals surface area contributed by atoms with E-state index in [1.54, 1.807) is 0 Å². The first-order chi connectivity index (χ1) is 9.69. The van der Waals surface area contributed by atoms with E-state index in [9.17, 15) is 24.6 Å². The SMILES string of the molecule is CC(C)OC(Cc1ccc(C(=O)O)cc1)(C(=O)O)C(=O)O. The van der Waals surface area contributed by atoms with Crippen LogP contribution >= 0.6 is 0 Å². The highest BCUT2D eigenvalue weighted by molar-refractivity contribution is 6.02. The molecular formula is C14H16O7. The second-order valence-electron chi connectivity index (χ2n) is 4.78. The molecule has 0 saturated carbocycles. The molecule has 0 heterocycles. The summed E-state index contributed by atoms with van der Waals surface area (Å²) in [6.45, 7) is 3.07. The quantitative estimate of drug-likeness (QED) is 0.647. The first-order valence-corrected chi connectivity index (χ1v) is 6.16. The molecule has 0 radical (unpaired) electrons. The van der Waals surface area contributed by atoms with Crippen molar-refractivity contribution in [2.45, 2.75) is 32.0 Å². The van der Waals surface area contributed by atoms with E-state index in [1.807, 2.05) is 0 Å². The summed E-state index contributed by atoms with van der Waals surface area (Å²) in [5, 5.41) is 27.3. The largest absolute Gasteiger partial charge is 0.479 e. The third kappa shape index (κ3) is 3.79. The molecule has 0 aliphatic heterocycles. The Kier molecular flexibility index (Phi) is 5.04. The van der Waals surface area contributed by atoms with Crippen molar-refractivity contribution in [2.75, 3.05) is 0 Å². The van der Waals surface area contributed by atoms with Gasteiger partial charge in [0.25, 0.3) is 5.60 Å². The van der Waals surface area contributed by atoms with Crippen molar-refractivity contribution < 1.29 is 34.4 Å². The Bertz CT molecular complexity index is 531. The number of carboxylic acids is 3. The number of aliphatic carboxylic acids is 2. The number of ether oxygens (including phenoxy) is 1. The van der Waals surface area contributed by atoms with E-state index >= 15 is 0 Å². The fourth-order valence-corrected chi connectivity index (χ4v) is 1.84. The van der Waals surface area contributed by atoms with Gasteiger partial charge in [-0.3, -0.25) is 0 Å². The van der Waals surface area contributed by atoms with Gasteiger partial charge in [0.1, 0.15) is 0 Å². The number of benzene rings is 1. The van der Waals surface area contributed by atoms with Gasteiger partial charge < -0.3 is 20.1 Å². The molecule has 0 aliphatic carbocycles. The highest BCUT2D eigenvalue weighted by Crippen LogP contribution is 2.22. The highest BCUT2D eigenvalue weighted by Gasteiger charge is 2.49. The summed E-state index contributed by atoms with van der Waals surface area (Å²) in [7, 11) is 0. The van der Waals surface area contributed by atoms with Crippen molar-refractivity contribution in [3.63, 3.8) is 0 Å². The average Bonchev–Trinajstić information content (AvgIpc) is 2.37. The topological polar surface area (TPSA) is 121 Å². The van der Waals surface area contributed by atoms with Gasteiger partial charge in [-0.05, 0) is 31.5 Å².